The van der Waals surface area contributed by atoms with Crippen molar-refractivity contribution in [3.8, 4) is 0 Å². The molecule has 0 aliphatic rings. The molecule has 0 fully saturated rings. The van der Waals surface area contributed by atoms with Gasteiger partial charge >= 0.3 is 0 Å². The van der Waals surface area contributed by atoms with Gasteiger partial charge < -0.3 is 15.7 Å². The Kier molecular flexibility index (Phi) is 7.39. The molecule has 0 radical (unpaired) electrons. The number of nitrogens with zero attached hydrogens (tertiary/aromatic N) is 1. The fourth-order valence-corrected chi connectivity index (χ4v) is 0.861. The van der Waals surface area contributed by atoms with Crippen molar-refractivity contribution in [2.24, 2.45) is 10.9 Å². The summed E-state index contributed by atoms with van der Waals surface area (Å²) in [6.45, 7) is 4.92. The summed E-state index contributed by atoms with van der Waals surface area (Å²) < 4.78 is 5.46. The zero-order valence-corrected chi connectivity index (χ0v) is 8.49. The first-order valence-electron chi connectivity index (χ1n) is 4.78. The van der Waals surface area contributed by atoms with Crippen molar-refractivity contribution in [1.82, 2.24) is 0 Å². The lowest BCUT2D eigenvalue weighted by Crippen LogP contribution is -2.12. The number of rotatable bonds is 7. The minimum atomic E-state index is 0.295. The molecule has 0 aromatic carbocycles. The predicted molar refractivity (Wildman–Crippen MR) is 53.0 cm³/mol. The zero-order valence-electron chi connectivity index (χ0n) is 8.49. The molecule has 78 valence electrons. The summed E-state index contributed by atoms with van der Waals surface area (Å²) in [5, 5.41) is 11.1. The Hall–Kier alpha value is -0.770. The highest BCUT2D eigenvalue weighted by molar-refractivity contribution is 5.79. The van der Waals surface area contributed by atoms with Gasteiger partial charge in [-0.1, -0.05) is 12.1 Å². The predicted octanol–water partition coefficient (Wildman–Crippen LogP) is 1.72. The highest BCUT2D eigenvalue weighted by Crippen LogP contribution is 2.00. The van der Waals surface area contributed by atoms with Gasteiger partial charge in [-0.25, -0.2) is 0 Å². The maximum absolute atomic E-state index is 8.25. The molecular formula is C9H20N2O2. The molecular weight excluding hydrogens is 168 g/mol. The first kappa shape index (κ1) is 12.2. The second-order valence-corrected chi connectivity index (χ2v) is 3.14. The summed E-state index contributed by atoms with van der Waals surface area (Å²) in [5.41, 5.74) is 5.30. The molecule has 0 amide bonds. The first-order valence-corrected chi connectivity index (χ1v) is 4.78. The van der Waals surface area contributed by atoms with Crippen molar-refractivity contribution in [2.75, 3.05) is 6.61 Å². The highest BCUT2D eigenvalue weighted by atomic mass is 16.5. The molecule has 3 N–H and O–H groups in total. The van der Waals surface area contributed by atoms with E-state index in [1.807, 2.05) is 0 Å². The standard InChI is InChI=1S/C9H20N2O2/c1-3-8(2)13-7-5-4-6-9(10)11-12/h8,12H,3-7H2,1-2H3,(H2,10,11). The largest absolute Gasteiger partial charge is 0.409 e. The van der Waals surface area contributed by atoms with Crippen molar-refractivity contribution in [1.29, 1.82) is 0 Å². The monoisotopic (exact) mass is 188 g/mol. The summed E-state index contributed by atoms with van der Waals surface area (Å²) in [5.74, 6) is 0.295. The lowest BCUT2D eigenvalue weighted by Gasteiger charge is -2.09. The molecule has 1 atom stereocenters. The molecule has 0 aromatic heterocycles. The Morgan fingerprint density at radius 3 is 2.77 bits per heavy atom. The fraction of sp³-hybridized carbons (Fsp3) is 0.889. The van der Waals surface area contributed by atoms with Crippen LogP contribution in [0.25, 0.3) is 0 Å². The van der Waals surface area contributed by atoms with Crippen LogP contribution < -0.4 is 5.73 Å². The normalized spacial score (nSPS) is 14.5. The number of amidine groups is 1. The van der Waals surface area contributed by atoms with Crippen molar-refractivity contribution in [3.05, 3.63) is 0 Å². The molecule has 0 rings (SSSR count). The summed E-state index contributed by atoms with van der Waals surface area (Å²) in [7, 11) is 0. The molecule has 0 saturated heterocycles. The van der Waals surface area contributed by atoms with Crippen LogP contribution in [0.2, 0.25) is 0 Å². The first-order chi connectivity index (χ1) is 6.20. The van der Waals surface area contributed by atoms with Gasteiger partial charge in [0.05, 0.1) is 6.10 Å². The zero-order chi connectivity index (χ0) is 10.1. The van der Waals surface area contributed by atoms with Crippen LogP contribution in [0.1, 0.15) is 39.5 Å². The van der Waals surface area contributed by atoms with Crippen LogP contribution in [0.3, 0.4) is 0 Å². The van der Waals surface area contributed by atoms with Gasteiger partial charge in [-0.2, -0.15) is 0 Å². The Bertz CT molecular complexity index is 149. The van der Waals surface area contributed by atoms with E-state index in [4.69, 9.17) is 15.7 Å². The van der Waals surface area contributed by atoms with E-state index >= 15 is 0 Å². The van der Waals surface area contributed by atoms with E-state index in [1.165, 1.54) is 0 Å². The van der Waals surface area contributed by atoms with Crippen molar-refractivity contribution >= 4 is 5.84 Å². The fourth-order valence-electron chi connectivity index (χ4n) is 0.861. The van der Waals surface area contributed by atoms with Gasteiger partial charge in [-0.15, -0.1) is 0 Å². The molecule has 13 heavy (non-hydrogen) atoms. The quantitative estimate of drug-likeness (QED) is 0.210. The van der Waals surface area contributed by atoms with Gasteiger partial charge in [0.15, 0.2) is 0 Å². The maximum Gasteiger partial charge on any atom is 0.139 e. The molecule has 4 nitrogen and oxygen atoms in total. The number of nitrogens with two attached hydrogens (primary N) is 1. The van der Waals surface area contributed by atoms with Gasteiger partial charge in [-0.3, -0.25) is 0 Å². The third-order valence-corrected chi connectivity index (χ3v) is 1.93. The second-order valence-electron chi connectivity index (χ2n) is 3.14. The average molecular weight is 188 g/mol. The van der Waals surface area contributed by atoms with Crippen LogP contribution in [0, 0.1) is 0 Å². The third-order valence-electron chi connectivity index (χ3n) is 1.93. The van der Waals surface area contributed by atoms with Gasteiger partial charge in [0, 0.05) is 13.0 Å². The van der Waals surface area contributed by atoms with Crippen LogP contribution in [-0.2, 0) is 4.74 Å². The second kappa shape index (κ2) is 7.86. The highest BCUT2D eigenvalue weighted by Gasteiger charge is 1.98. The molecule has 1 unspecified atom stereocenters. The Balaban J connectivity index is 3.17. The maximum atomic E-state index is 8.25. The Labute approximate surface area is 79.8 Å². The lowest BCUT2D eigenvalue weighted by molar-refractivity contribution is 0.0613. The van der Waals surface area contributed by atoms with Crippen LogP contribution in [0.5, 0.6) is 0 Å². The summed E-state index contributed by atoms with van der Waals surface area (Å²) in [6, 6.07) is 0. The van der Waals surface area contributed by atoms with E-state index in [2.05, 4.69) is 19.0 Å². The van der Waals surface area contributed by atoms with Crippen LogP contribution in [-0.4, -0.2) is 23.8 Å². The number of hydrogen-bond donors (Lipinski definition) is 2. The molecule has 0 aliphatic carbocycles. The summed E-state index contributed by atoms with van der Waals surface area (Å²) >= 11 is 0. The molecule has 4 heteroatoms. The van der Waals surface area contributed by atoms with Gasteiger partial charge in [0.25, 0.3) is 0 Å². The summed E-state index contributed by atoms with van der Waals surface area (Å²) in [4.78, 5) is 0. The molecule has 0 aliphatic heterocycles. The number of hydrogen-bond acceptors (Lipinski definition) is 3. The van der Waals surface area contributed by atoms with E-state index in [-0.39, 0.29) is 0 Å². The van der Waals surface area contributed by atoms with Crippen LogP contribution >= 0.6 is 0 Å². The van der Waals surface area contributed by atoms with Crippen LogP contribution in [0.15, 0.2) is 5.16 Å². The average Bonchev–Trinajstić information content (AvgIpc) is 2.16. The van der Waals surface area contributed by atoms with E-state index in [0.717, 1.165) is 25.9 Å². The van der Waals surface area contributed by atoms with Gasteiger partial charge in [0.1, 0.15) is 5.84 Å². The molecule has 0 heterocycles. The van der Waals surface area contributed by atoms with Crippen molar-refractivity contribution in [3.63, 3.8) is 0 Å². The minimum Gasteiger partial charge on any atom is -0.409 e. The van der Waals surface area contributed by atoms with E-state index in [1.54, 1.807) is 0 Å². The summed E-state index contributed by atoms with van der Waals surface area (Å²) in [6.07, 6.45) is 3.89. The minimum absolute atomic E-state index is 0.295. The van der Waals surface area contributed by atoms with Crippen LogP contribution in [0.4, 0.5) is 0 Å². The topological polar surface area (TPSA) is 67.8 Å². The Morgan fingerprint density at radius 1 is 1.54 bits per heavy atom. The molecule has 0 bridgehead atoms. The van der Waals surface area contributed by atoms with Gasteiger partial charge in [-0.05, 0) is 26.2 Å². The smallest absolute Gasteiger partial charge is 0.139 e. The SMILES string of the molecule is CCC(C)OCCCCC(N)=NO. The van der Waals surface area contributed by atoms with Gasteiger partial charge in [0.2, 0.25) is 0 Å². The third kappa shape index (κ3) is 7.59. The molecule has 0 spiro atoms. The van der Waals surface area contributed by atoms with E-state index < -0.39 is 0 Å². The Morgan fingerprint density at radius 2 is 2.23 bits per heavy atom. The molecule has 0 saturated carbocycles. The number of ether oxygens (including phenoxy) is 1. The lowest BCUT2D eigenvalue weighted by atomic mass is 10.2. The molecule has 0 aromatic rings. The number of oxime groups is 1. The van der Waals surface area contributed by atoms with E-state index in [0.29, 0.717) is 18.4 Å². The van der Waals surface area contributed by atoms with Crippen molar-refractivity contribution < 1.29 is 9.94 Å². The van der Waals surface area contributed by atoms with E-state index in [9.17, 15) is 0 Å². The number of unbranched alkanes of at least 4 members (excludes halogenated alkanes) is 1. The van der Waals surface area contributed by atoms with Crippen molar-refractivity contribution in [2.45, 2.75) is 45.6 Å².